The lowest BCUT2D eigenvalue weighted by molar-refractivity contribution is -0.121. The molecule has 2 aromatic rings. The van der Waals surface area contributed by atoms with Gasteiger partial charge >= 0.3 is 6.09 Å². The van der Waals surface area contributed by atoms with Gasteiger partial charge in [-0.05, 0) is 29.6 Å². The quantitative estimate of drug-likeness (QED) is 0.787. The maximum atomic E-state index is 12.3. The second-order valence-electron chi connectivity index (χ2n) is 6.11. The van der Waals surface area contributed by atoms with Crippen molar-refractivity contribution in [2.75, 3.05) is 24.5 Å². The van der Waals surface area contributed by atoms with Gasteiger partial charge in [-0.2, -0.15) is 0 Å². The third-order valence-electron chi connectivity index (χ3n) is 4.35. The summed E-state index contributed by atoms with van der Waals surface area (Å²) in [6.07, 6.45) is -0.956. The fraction of sp³-hybridized carbons (Fsp3) is 0.222. The molecule has 138 valence electrons. The van der Waals surface area contributed by atoms with Gasteiger partial charge in [0.15, 0.2) is 0 Å². The molecule has 0 bridgehead atoms. The Kier molecular flexibility index (Phi) is 4.36. The molecule has 2 aliphatic heterocycles. The molecule has 9 heteroatoms. The number of nitrogens with one attached hydrogen (secondary N) is 1. The van der Waals surface area contributed by atoms with Gasteiger partial charge in [0, 0.05) is 0 Å². The summed E-state index contributed by atoms with van der Waals surface area (Å²) in [5.41, 5.74) is 0.596. The topological polar surface area (TPSA) is 96.0 Å². The van der Waals surface area contributed by atoms with E-state index in [9.17, 15) is 19.2 Å². The molecule has 4 amide bonds. The Morgan fingerprint density at radius 1 is 1.11 bits per heavy atom. The van der Waals surface area contributed by atoms with Crippen LogP contribution in [0.3, 0.4) is 0 Å². The second-order valence-corrected chi connectivity index (χ2v) is 7.04. The fourth-order valence-corrected chi connectivity index (χ4v) is 3.77. The third-order valence-corrected chi connectivity index (χ3v) is 5.24. The Balaban J connectivity index is 1.32. The highest BCUT2D eigenvalue weighted by Gasteiger charge is 2.37. The maximum absolute atomic E-state index is 12.3. The minimum absolute atomic E-state index is 0.107. The zero-order chi connectivity index (χ0) is 19.0. The lowest BCUT2D eigenvalue weighted by Crippen LogP contribution is -2.43. The zero-order valence-electron chi connectivity index (χ0n) is 14.1. The predicted octanol–water partition coefficient (Wildman–Crippen LogP) is 1.49. The van der Waals surface area contributed by atoms with Crippen LogP contribution in [0.2, 0.25) is 0 Å². The van der Waals surface area contributed by atoms with Gasteiger partial charge in [-0.15, -0.1) is 11.3 Å². The summed E-state index contributed by atoms with van der Waals surface area (Å²) < 4.78 is 5.24. The maximum Gasteiger partial charge on any atom is 0.415 e. The number of carbonyl (C=O) groups is 4. The summed E-state index contributed by atoms with van der Waals surface area (Å²) in [7, 11) is 0. The number of nitrogens with zero attached hydrogens (tertiary/aromatic N) is 2. The number of rotatable bonds is 5. The average Bonchev–Trinajstić information content (AvgIpc) is 3.37. The van der Waals surface area contributed by atoms with E-state index in [4.69, 9.17) is 4.74 Å². The molecule has 1 aromatic heterocycles. The van der Waals surface area contributed by atoms with Crippen molar-refractivity contribution >= 4 is 40.2 Å². The average molecular weight is 385 g/mol. The van der Waals surface area contributed by atoms with Gasteiger partial charge in [0.2, 0.25) is 5.91 Å². The minimum Gasteiger partial charge on any atom is -0.442 e. The van der Waals surface area contributed by atoms with Crippen molar-refractivity contribution in [2.45, 2.75) is 6.10 Å². The highest BCUT2D eigenvalue weighted by Crippen LogP contribution is 2.26. The van der Waals surface area contributed by atoms with Crippen molar-refractivity contribution in [3.05, 3.63) is 52.9 Å². The molecular weight excluding hydrogens is 370 g/mol. The highest BCUT2D eigenvalue weighted by molar-refractivity contribution is 7.14. The van der Waals surface area contributed by atoms with Crippen LogP contribution in [0.1, 0.15) is 20.7 Å². The molecule has 4 rings (SSSR count). The summed E-state index contributed by atoms with van der Waals surface area (Å²) in [4.78, 5) is 51.1. The van der Waals surface area contributed by atoms with Crippen molar-refractivity contribution in [1.29, 1.82) is 0 Å². The Morgan fingerprint density at radius 2 is 1.81 bits per heavy atom. The molecule has 1 unspecified atom stereocenters. The van der Waals surface area contributed by atoms with Crippen molar-refractivity contribution in [3.63, 3.8) is 0 Å². The molecule has 8 nitrogen and oxygen atoms in total. The monoisotopic (exact) mass is 385 g/mol. The number of carbonyl (C=O) groups excluding carboxylic acids is 4. The lowest BCUT2D eigenvalue weighted by atomic mass is 10.1. The number of cyclic esters (lactones) is 1. The van der Waals surface area contributed by atoms with E-state index < -0.39 is 29.9 Å². The SMILES string of the molecule is O=C(CN1C(=O)c2ccccc2C1=O)NCC1CN(c2cccs2)C(=O)O1. The van der Waals surface area contributed by atoms with Crippen LogP contribution in [0.25, 0.3) is 0 Å². The van der Waals surface area contributed by atoms with Crippen molar-refractivity contribution in [2.24, 2.45) is 0 Å². The Bertz CT molecular complexity index is 892. The van der Waals surface area contributed by atoms with E-state index >= 15 is 0 Å². The smallest absolute Gasteiger partial charge is 0.415 e. The zero-order valence-corrected chi connectivity index (χ0v) is 14.9. The van der Waals surface area contributed by atoms with Gasteiger partial charge in [-0.3, -0.25) is 24.2 Å². The van der Waals surface area contributed by atoms with E-state index in [1.54, 1.807) is 24.3 Å². The molecular formula is C18H15N3O5S. The van der Waals surface area contributed by atoms with Crippen LogP contribution in [0.15, 0.2) is 41.8 Å². The molecule has 0 aliphatic carbocycles. The van der Waals surface area contributed by atoms with Crippen LogP contribution in [0, 0.1) is 0 Å². The highest BCUT2D eigenvalue weighted by atomic mass is 32.1. The number of imide groups is 1. The van der Waals surface area contributed by atoms with Crippen LogP contribution >= 0.6 is 11.3 Å². The fourth-order valence-electron chi connectivity index (χ4n) is 3.04. The second kappa shape index (κ2) is 6.84. The first-order valence-corrected chi connectivity index (χ1v) is 9.16. The number of hydrogen-bond donors (Lipinski definition) is 1. The van der Waals surface area contributed by atoms with Crippen LogP contribution in [-0.4, -0.2) is 54.5 Å². The van der Waals surface area contributed by atoms with Gasteiger partial charge in [0.1, 0.15) is 17.6 Å². The van der Waals surface area contributed by atoms with Gasteiger partial charge in [-0.1, -0.05) is 12.1 Å². The normalized spacial score (nSPS) is 18.7. The number of fused-ring (bicyclic) bond motifs is 1. The first-order chi connectivity index (χ1) is 13.0. The number of ether oxygens (including phenoxy) is 1. The van der Waals surface area contributed by atoms with E-state index in [2.05, 4.69) is 5.32 Å². The van der Waals surface area contributed by atoms with E-state index in [0.717, 1.165) is 9.90 Å². The van der Waals surface area contributed by atoms with Gasteiger partial charge < -0.3 is 10.1 Å². The first-order valence-electron chi connectivity index (χ1n) is 8.28. The molecule has 1 aromatic carbocycles. The number of benzene rings is 1. The number of amides is 4. The molecule has 3 heterocycles. The standard InChI is InChI=1S/C18H15N3O5S/c22-14(10-21-16(23)12-4-1-2-5-13(12)17(21)24)19-8-11-9-20(18(25)26-11)15-6-3-7-27-15/h1-7,11H,8-10H2,(H,19,22). The predicted molar refractivity (Wildman–Crippen MR) is 96.8 cm³/mol. The Morgan fingerprint density at radius 3 is 2.44 bits per heavy atom. The molecule has 2 aliphatic rings. The van der Waals surface area contributed by atoms with E-state index in [1.165, 1.54) is 16.2 Å². The Labute approximate surface area is 158 Å². The number of thiophene rings is 1. The van der Waals surface area contributed by atoms with Gasteiger partial charge in [0.25, 0.3) is 11.8 Å². The van der Waals surface area contributed by atoms with E-state index in [1.807, 2.05) is 17.5 Å². The van der Waals surface area contributed by atoms with Crippen molar-refractivity contribution < 1.29 is 23.9 Å². The Hall–Kier alpha value is -3.20. The summed E-state index contributed by atoms with van der Waals surface area (Å²) in [6.45, 7) is 0.0594. The third kappa shape index (κ3) is 3.17. The molecule has 27 heavy (non-hydrogen) atoms. The van der Waals surface area contributed by atoms with Gasteiger partial charge in [-0.25, -0.2) is 4.79 Å². The number of hydrogen-bond acceptors (Lipinski definition) is 6. The summed E-state index contributed by atoms with van der Waals surface area (Å²) in [6, 6.07) is 10.1. The molecule has 0 saturated carbocycles. The molecule has 0 radical (unpaired) electrons. The molecule has 1 fully saturated rings. The van der Waals surface area contributed by atoms with E-state index in [-0.39, 0.29) is 13.1 Å². The minimum atomic E-state index is -0.495. The van der Waals surface area contributed by atoms with Crippen LogP contribution in [-0.2, 0) is 9.53 Å². The van der Waals surface area contributed by atoms with Crippen LogP contribution < -0.4 is 10.2 Å². The van der Waals surface area contributed by atoms with Crippen LogP contribution in [0.5, 0.6) is 0 Å². The largest absolute Gasteiger partial charge is 0.442 e. The summed E-state index contributed by atoms with van der Waals surface area (Å²) in [5, 5.41) is 5.26. The first kappa shape index (κ1) is 17.2. The summed E-state index contributed by atoms with van der Waals surface area (Å²) in [5.74, 6) is -1.46. The molecule has 1 saturated heterocycles. The summed E-state index contributed by atoms with van der Waals surface area (Å²) >= 11 is 1.42. The lowest BCUT2D eigenvalue weighted by Gasteiger charge is -2.15. The van der Waals surface area contributed by atoms with Crippen LogP contribution in [0.4, 0.5) is 9.80 Å². The van der Waals surface area contributed by atoms with Crippen molar-refractivity contribution in [1.82, 2.24) is 10.2 Å². The number of anilines is 1. The van der Waals surface area contributed by atoms with Crippen molar-refractivity contribution in [3.8, 4) is 0 Å². The van der Waals surface area contributed by atoms with Gasteiger partial charge in [0.05, 0.1) is 24.2 Å². The molecule has 1 N–H and O–H groups in total. The molecule has 0 spiro atoms. The van der Waals surface area contributed by atoms with E-state index in [0.29, 0.717) is 17.7 Å². The molecule has 1 atom stereocenters.